The maximum atomic E-state index is 12.6. The average Bonchev–Trinajstić information content (AvgIpc) is 2.96. The Morgan fingerprint density at radius 2 is 2.00 bits per heavy atom. The van der Waals surface area contributed by atoms with E-state index in [-0.39, 0.29) is 16.2 Å². The lowest BCUT2D eigenvalue weighted by Crippen LogP contribution is -2.24. The van der Waals surface area contributed by atoms with Crippen molar-refractivity contribution in [3.8, 4) is 5.69 Å². The molecule has 0 unspecified atom stereocenters. The van der Waals surface area contributed by atoms with Crippen LogP contribution in [0.1, 0.15) is 21.6 Å². The van der Waals surface area contributed by atoms with Gasteiger partial charge < -0.3 is 10.4 Å². The number of aromatic carboxylic acids is 1. The number of nitrogens with zero attached hydrogens (tertiary/aromatic N) is 2. The van der Waals surface area contributed by atoms with Crippen LogP contribution >= 0.6 is 23.8 Å². The zero-order valence-electron chi connectivity index (χ0n) is 15.1. The molecule has 0 aliphatic heterocycles. The highest BCUT2D eigenvalue weighted by atomic mass is 35.5. The number of hydrogen-bond acceptors (Lipinski definition) is 4. The monoisotopic (exact) mass is 429 g/mol. The van der Waals surface area contributed by atoms with Crippen LogP contribution in [-0.4, -0.2) is 32.2 Å². The van der Waals surface area contributed by atoms with Gasteiger partial charge in [-0.15, -0.1) is 0 Å². The predicted octanol–water partition coefficient (Wildman–Crippen LogP) is 3.15. The topological polar surface area (TPSA) is 112 Å². The quantitative estimate of drug-likeness (QED) is 0.281. The fourth-order valence-electron chi connectivity index (χ4n) is 2.52. The number of hydrazone groups is 1. The number of nitrogens with one attached hydrogen (secondary N) is 3. The van der Waals surface area contributed by atoms with Crippen molar-refractivity contribution in [1.29, 1.82) is 0 Å². The lowest BCUT2D eigenvalue weighted by molar-refractivity contribution is 0.0697. The van der Waals surface area contributed by atoms with E-state index in [1.54, 1.807) is 43.3 Å². The molecule has 0 atom stereocenters. The Kier molecular flexibility index (Phi) is 6.10. The minimum absolute atomic E-state index is 0.173. The number of thiocarbonyl (C=S) groups is 1. The molecule has 0 aliphatic carbocycles. The van der Waals surface area contributed by atoms with Crippen LogP contribution in [0.25, 0.3) is 5.69 Å². The summed E-state index contributed by atoms with van der Waals surface area (Å²) in [4.78, 5) is 23.5. The summed E-state index contributed by atoms with van der Waals surface area (Å²) >= 11 is 11.1. The van der Waals surface area contributed by atoms with E-state index in [4.69, 9.17) is 28.9 Å². The van der Waals surface area contributed by atoms with Gasteiger partial charge in [0.15, 0.2) is 5.11 Å². The molecule has 0 saturated heterocycles. The number of H-pyrrole nitrogens is 1. The second-order valence-electron chi connectivity index (χ2n) is 5.98. The van der Waals surface area contributed by atoms with Gasteiger partial charge in [0.1, 0.15) is 0 Å². The van der Waals surface area contributed by atoms with Crippen LogP contribution in [0.4, 0.5) is 5.69 Å². The fraction of sp³-hybridized carbons (Fsp3) is 0.0526. The number of anilines is 1. The number of carboxylic acids is 1. The Bertz CT molecular complexity index is 1150. The molecule has 3 rings (SSSR count). The lowest BCUT2D eigenvalue weighted by Gasteiger charge is -2.06. The predicted molar refractivity (Wildman–Crippen MR) is 116 cm³/mol. The number of carboxylic acid groups (broad SMARTS) is 1. The van der Waals surface area contributed by atoms with Gasteiger partial charge in [0, 0.05) is 16.4 Å². The number of hydrogen-bond donors (Lipinski definition) is 4. The molecule has 0 amide bonds. The van der Waals surface area contributed by atoms with E-state index in [1.165, 1.54) is 23.0 Å². The SMILES string of the molecule is Cc1[nH]n(-c2cccc(Cl)c2)c(=O)c1C=NNC(=S)Nc1ccc(C(=O)O)cc1. The number of carbonyl (C=O) groups is 1. The van der Waals surface area contributed by atoms with Crippen molar-refractivity contribution in [2.45, 2.75) is 6.92 Å². The first-order valence-corrected chi connectivity index (χ1v) is 9.15. The van der Waals surface area contributed by atoms with Crippen LogP contribution < -0.4 is 16.3 Å². The summed E-state index contributed by atoms with van der Waals surface area (Å²) < 4.78 is 1.38. The normalized spacial score (nSPS) is 10.8. The molecule has 148 valence electrons. The van der Waals surface area contributed by atoms with Gasteiger partial charge >= 0.3 is 5.97 Å². The first-order valence-electron chi connectivity index (χ1n) is 8.36. The smallest absolute Gasteiger partial charge is 0.335 e. The summed E-state index contributed by atoms with van der Waals surface area (Å²) in [6.45, 7) is 1.75. The van der Waals surface area contributed by atoms with Gasteiger partial charge in [-0.1, -0.05) is 17.7 Å². The summed E-state index contributed by atoms with van der Waals surface area (Å²) in [5.74, 6) is -1.01. The Labute approximate surface area is 175 Å². The van der Waals surface area contributed by atoms with E-state index in [0.717, 1.165) is 0 Å². The van der Waals surface area contributed by atoms with Gasteiger partial charge in [0.2, 0.25) is 0 Å². The molecule has 1 aromatic heterocycles. The maximum Gasteiger partial charge on any atom is 0.335 e. The van der Waals surface area contributed by atoms with Crippen LogP contribution in [0.15, 0.2) is 58.4 Å². The van der Waals surface area contributed by atoms with Gasteiger partial charge in [0.25, 0.3) is 5.56 Å². The molecule has 0 radical (unpaired) electrons. The summed E-state index contributed by atoms with van der Waals surface area (Å²) in [7, 11) is 0. The van der Waals surface area contributed by atoms with Crippen molar-refractivity contribution in [3.05, 3.63) is 80.7 Å². The highest BCUT2D eigenvalue weighted by Gasteiger charge is 2.11. The molecule has 8 nitrogen and oxygen atoms in total. The third-order valence-corrected chi connectivity index (χ3v) is 4.36. The Morgan fingerprint density at radius 3 is 2.66 bits per heavy atom. The molecular weight excluding hydrogens is 414 g/mol. The number of benzene rings is 2. The first-order chi connectivity index (χ1) is 13.8. The van der Waals surface area contributed by atoms with Crippen molar-refractivity contribution in [3.63, 3.8) is 0 Å². The molecule has 1 heterocycles. The second-order valence-corrected chi connectivity index (χ2v) is 6.82. The van der Waals surface area contributed by atoms with E-state index < -0.39 is 5.97 Å². The zero-order chi connectivity index (χ0) is 21.0. The molecule has 0 fully saturated rings. The highest BCUT2D eigenvalue weighted by molar-refractivity contribution is 7.80. The van der Waals surface area contributed by atoms with Gasteiger partial charge in [-0.05, 0) is 61.6 Å². The number of rotatable bonds is 5. The van der Waals surface area contributed by atoms with Gasteiger partial charge in [-0.3, -0.25) is 15.3 Å². The van der Waals surface area contributed by atoms with Crippen LogP contribution in [0, 0.1) is 6.92 Å². The summed E-state index contributed by atoms with van der Waals surface area (Å²) in [5.41, 5.74) is 4.72. The van der Waals surface area contributed by atoms with E-state index in [9.17, 15) is 9.59 Å². The summed E-state index contributed by atoms with van der Waals surface area (Å²) in [6, 6.07) is 13.0. The molecule has 29 heavy (non-hydrogen) atoms. The van der Waals surface area contributed by atoms with Crippen LogP contribution in [0.2, 0.25) is 5.02 Å². The lowest BCUT2D eigenvalue weighted by atomic mass is 10.2. The third kappa shape index (κ3) is 4.89. The van der Waals surface area contributed by atoms with E-state index >= 15 is 0 Å². The van der Waals surface area contributed by atoms with E-state index in [1.807, 2.05) is 0 Å². The van der Waals surface area contributed by atoms with Gasteiger partial charge in [-0.25, -0.2) is 9.48 Å². The largest absolute Gasteiger partial charge is 0.478 e. The Morgan fingerprint density at radius 1 is 1.28 bits per heavy atom. The molecule has 0 spiro atoms. The summed E-state index contributed by atoms with van der Waals surface area (Å²) in [5, 5.41) is 19.5. The molecule has 0 aliphatic rings. The van der Waals surface area contributed by atoms with E-state index in [2.05, 4.69) is 20.9 Å². The van der Waals surface area contributed by atoms with Crippen LogP contribution in [0.5, 0.6) is 0 Å². The molecule has 3 aromatic rings. The number of halogens is 1. The molecule has 0 bridgehead atoms. The number of aromatic amines is 1. The molecular formula is C19H16ClN5O3S. The molecule has 10 heteroatoms. The minimum atomic E-state index is -1.01. The number of aromatic nitrogens is 2. The maximum absolute atomic E-state index is 12.6. The first kappa shape index (κ1) is 20.3. The molecule has 4 N–H and O–H groups in total. The third-order valence-electron chi connectivity index (χ3n) is 3.93. The van der Waals surface area contributed by atoms with Crippen molar-refractivity contribution in [1.82, 2.24) is 15.2 Å². The number of aryl methyl sites for hydroxylation is 1. The minimum Gasteiger partial charge on any atom is -0.478 e. The zero-order valence-corrected chi connectivity index (χ0v) is 16.7. The Hall–Kier alpha value is -3.43. The van der Waals surface area contributed by atoms with Crippen molar-refractivity contribution in [2.24, 2.45) is 5.10 Å². The van der Waals surface area contributed by atoms with Gasteiger partial charge in [-0.2, -0.15) is 5.10 Å². The standard InChI is InChI=1S/C19H16ClN5O3S/c1-11-16(17(26)25(24-11)15-4-2-3-13(20)9-15)10-21-23-19(29)22-14-7-5-12(6-8-14)18(27)28/h2-10,24H,1H3,(H,27,28)(H2,22,23,29). The van der Waals surface area contributed by atoms with E-state index in [0.29, 0.717) is 27.7 Å². The van der Waals surface area contributed by atoms with Crippen molar-refractivity contribution < 1.29 is 9.90 Å². The second kappa shape index (κ2) is 8.72. The van der Waals surface area contributed by atoms with Crippen LogP contribution in [-0.2, 0) is 0 Å². The average molecular weight is 430 g/mol. The summed E-state index contributed by atoms with van der Waals surface area (Å²) in [6.07, 6.45) is 1.37. The van der Waals surface area contributed by atoms with Crippen molar-refractivity contribution in [2.75, 3.05) is 5.32 Å². The molecule has 0 saturated carbocycles. The fourth-order valence-corrected chi connectivity index (χ4v) is 2.87. The van der Waals surface area contributed by atoms with Gasteiger partial charge in [0.05, 0.1) is 23.0 Å². The highest BCUT2D eigenvalue weighted by Crippen LogP contribution is 2.13. The van der Waals surface area contributed by atoms with Crippen LogP contribution in [0.3, 0.4) is 0 Å². The van der Waals surface area contributed by atoms with Crippen molar-refractivity contribution >= 4 is 46.8 Å². The molecule has 2 aromatic carbocycles. The Balaban J connectivity index is 1.68.